The van der Waals surface area contributed by atoms with Crippen molar-refractivity contribution in [2.75, 3.05) is 11.9 Å². The first-order chi connectivity index (χ1) is 11.6. The normalized spacial score (nSPS) is 18.1. The van der Waals surface area contributed by atoms with Crippen LogP contribution in [0, 0.1) is 13.8 Å². The van der Waals surface area contributed by atoms with Gasteiger partial charge in [0.1, 0.15) is 0 Å². The number of carbonyl (C=O) groups is 1. The van der Waals surface area contributed by atoms with Crippen LogP contribution in [-0.4, -0.2) is 17.5 Å². The van der Waals surface area contributed by atoms with E-state index in [-0.39, 0.29) is 12.1 Å². The zero-order valence-corrected chi connectivity index (χ0v) is 14.6. The highest BCUT2D eigenvalue weighted by atomic mass is 16.2. The molecule has 3 rings (SSSR count). The lowest BCUT2D eigenvalue weighted by molar-refractivity contribution is 0.189. The van der Waals surface area contributed by atoms with Crippen LogP contribution >= 0.6 is 0 Å². The number of nitrogens with one attached hydrogen (secondary N) is 1. The van der Waals surface area contributed by atoms with E-state index in [1.165, 1.54) is 24.0 Å². The van der Waals surface area contributed by atoms with Gasteiger partial charge < -0.3 is 10.2 Å². The molecule has 1 N–H and O–H groups in total. The van der Waals surface area contributed by atoms with Gasteiger partial charge in [0.15, 0.2) is 0 Å². The van der Waals surface area contributed by atoms with Crippen LogP contribution in [0.25, 0.3) is 0 Å². The number of anilines is 1. The second-order valence-electron chi connectivity index (χ2n) is 6.72. The van der Waals surface area contributed by atoms with Crippen LogP contribution in [0.2, 0.25) is 0 Å². The van der Waals surface area contributed by atoms with Crippen LogP contribution in [0.15, 0.2) is 48.5 Å². The number of aryl methyl sites for hydroxylation is 2. The number of para-hydroxylation sites is 1. The fraction of sp³-hybridized carbons (Fsp3) is 0.381. The molecule has 24 heavy (non-hydrogen) atoms. The molecule has 1 heterocycles. The van der Waals surface area contributed by atoms with Gasteiger partial charge in [-0.05, 0) is 43.9 Å². The summed E-state index contributed by atoms with van der Waals surface area (Å²) in [6, 6.07) is 16.7. The third-order valence-electron chi connectivity index (χ3n) is 4.83. The molecule has 0 saturated carbocycles. The minimum absolute atomic E-state index is 0.0118. The van der Waals surface area contributed by atoms with Gasteiger partial charge in [0.05, 0.1) is 6.04 Å². The highest BCUT2D eigenvalue weighted by molar-refractivity contribution is 5.90. The number of hydrogen-bond acceptors (Lipinski definition) is 1. The number of rotatable bonds is 2. The molecule has 3 nitrogen and oxygen atoms in total. The molecule has 0 aliphatic carbocycles. The van der Waals surface area contributed by atoms with Crippen molar-refractivity contribution >= 4 is 11.7 Å². The molecule has 0 aromatic heterocycles. The van der Waals surface area contributed by atoms with Gasteiger partial charge in [0, 0.05) is 12.2 Å². The summed E-state index contributed by atoms with van der Waals surface area (Å²) < 4.78 is 0. The summed E-state index contributed by atoms with van der Waals surface area (Å²) in [6.45, 7) is 4.95. The van der Waals surface area contributed by atoms with Crippen molar-refractivity contribution in [1.29, 1.82) is 0 Å². The lowest BCUT2D eigenvalue weighted by Gasteiger charge is -2.31. The summed E-state index contributed by atoms with van der Waals surface area (Å²) in [5.41, 5.74) is 4.48. The number of likely N-dealkylation sites (tertiary alicyclic amines) is 1. The molecule has 1 unspecified atom stereocenters. The molecule has 1 aliphatic rings. The second kappa shape index (κ2) is 7.52. The summed E-state index contributed by atoms with van der Waals surface area (Å²) in [5.74, 6) is 0. The third kappa shape index (κ3) is 3.78. The maximum absolute atomic E-state index is 13.0. The average molecular weight is 322 g/mol. The van der Waals surface area contributed by atoms with E-state index >= 15 is 0 Å². The zero-order chi connectivity index (χ0) is 16.9. The number of carbonyl (C=O) groups excluding carboxylic acids is 1. The van der Waals surface area contributed by atoms with Crippen molar-refractivity contribution in [3.8, 4) is 0 Å². The molecule has 0 radical (unpaired) electrons. The lowest BCUT2D eigenvalue weighted by atomic mass is 9.99. The van der Waals surface area contributed by atoms with E-state index in [1.54, 1.807) is 0 Å². The predicted octanol–water partition coefficient (Wildman–Crippen LogP) is 5.45. The molecule has 1 saturated heterocycles. The van der Waals surface area contributed by atoms with Crippen LogP contribution in [-0.2, 0) is 0 Å². The summed E-state index contributed by atoms with van der Waals surface area (Å²) in [6.07, 6.45) is 4.47. The standard InChI is InChI=1S/C21H26N2O/c1-16-9-8-11-18(15-16)20-13-4-3-7-14-23(20)21(24)22-19-12-6-5-10-17(19)2/h5-6,8-12,15,20H,3-4,7,13-14H2,1-2H3,(H,22,24). The predicted molar refractivity (Wildman–Crippen MR) is 99.3 cm³/mol. The molecular weight excluding hydrogens is 296 g/mol. The molecule has 2 amide bonds. The second-order valence-corrected chi connectivity index (χ2v) is 6.72. The first-order valence-electron chi connectivity index (χ1n) is 8.85. The third-order valence-corrected chi connectivity index (χ3v) is 4.83. The largest absolute Gasteiger partial charge is 0.322 e. The smallest absolute Gasteiger partial charge is 0.317 e. The minimum Gasteiger partial charge on any atom is -0.317 e. The Morgan fingerprint density at radius 1 is 1.04 bits per heavy atom. The zero-order valence-electron chi connectivity index (χ0n) is 14.6. The van der Waals surface area contributed by atoms with E-state index in [9.17, 15) is 4.79 Å². The van der Waals surface area contributed by atoms with Crippen molar-refractivity contribution in [2.45, 2.75) is 45.6 Å². The number of urea groups is 1. The number of amides is 2. The molecule has 1 aliphatic heterocycles. The molecular formula is C21H26N2O. The summed E-state index contributed by atoms with van der Waals surface area (Å²) in [4.78, 5) is 15.0. The van der Waals surface area contributed by atoms with E-state index in [4.69, 9.17) is 0 Å². The number of hydrogen-bond donors (Lipinski definition) is 1. The van der Waals surface area contributed by atoms with Crippen molar-refractivity contribution < 1.29 is 4.79 Å². The highest BCUT2D eigenvalue weighted by Gasteiger charge is 2.27. The summed E-state index contributed by atoms with van der Waals surface area (Å²) in [7, 11) is 0. The monoisotopic (exact) mass is 322 g/mol. The Morgan fingerprint density at radius 3 is 2.67 bits per heavy atom. The van der Waals surface area contributed by atoms with Gasteiger partial charge in [-0.1, -0.05) is 60.9 Å². The fourth-order valence-corrected chi connectivity index (χ4v) is 3.48. The van der Waals surface area contributed by atoms with Gasteiger partial charge in [-0.3, -0.25) is 0 Å². The van der Waals surface area contributed by atoms with E-state index in [0.717, 1.165) is 30.6 Å². The maximum atomic E-state index is 13.0. The van der Waals surface area contributed by atoms with E-state index in [1.807, 2.05) is 36.1 Å². The highest BCUT2D eigenvalue weighted by Crippen LogP contribution is 2.31. The number of benzene rings is 2. The summed E-state index contributed by atoms with van der Waals surface area (Å²) in [5, 5.41) is 3.11. The summed E-state index contributed by atoms with van der Waals surface area (Å²) >= 11 is 0. The molecule has 1 atom stereocenters. The van der Waals surface area contributed by atoms with Crippen LogP contribution in [0.5, 0.6) is 0 Å². The van der Waals surface area contributed by atoms with Crippen molar-refractivity contribution in [1.82, 2.24) is 4.90 Å². The quantitative estimate of drug-likeness (QED) is 0.783. The van der Waals surface area contributed by atoms with Gasteiger partial charge in [-0.25, -0.2) is 4.79 Å². The minimum atomic E-state index is 0.0118. The first kappa shape index (κ1) is 16.6. The van der Waals surface area contributed by atoms with Gasteiger partial charge in [-0.2, -0.15) is 0 Å². The van der Waals surface area contributed by atoms with Crippen LogP contribution in [0.4, 0.5) is 10.5 Å². The molecule has 3 heteroatoms. The van der Waals surface area contributed by atoms with Crippen molar-refractivity contribution in [3.63, 3.8) is 0 Å². The van der Waals surface area contributed by atoms with Crippen molar-refractivity contribution in [3.05, 3.63) is 65.2 Å². The Hall–Kier alpha value is -2.29. The topological polar surface area (TPSA) is 32.3 Å². The lowest BCUT2D eigenvalue weighted by Crippen LogP contribution is -2.38. The molecule has 0 bridgehead atoms. The Kier molecular flexibility index (Phi) is 5.19. The van der Waals surface area contributed by atoms with E-state index < -0.39 is 0 Å². The molecule has 126 valence electrons. The first-order valence-corrected chi connectivity index (χ1v) is 8.85. The average Bonchev–Trinajstić information content (AvgIpc) is 2.83. The molecule has 0 spiro atoms. The number of nitrogens with zero attached hydrogens (tertiary/aromatic N) is 1. The Balaban J connectivity index is 1.84. The van der Waals surface area contributed by atoms with Gasteiger partial charge in [0.2, 0.25) is 0 Å². The molecule has 1 fully saturated rings. The fourth-order valence-electron chi connectivity index (χ4n) is 3.48. The Labute approximate surface area is 144 Å². The van der Waals surface area contributed by atoms with Crippen molar-refractivity contribution in [2.24, 2.45) is 0 Å². The van der Waals surface area contributed by atoms with Gasteiger partial charge in [0.25, 0.3) is 0 Å². The van der Waals surface area contributed by atoms with E-state index in [0.29, 0.717) is 0 Å². The molecule has 2 aromatic carbocycles. The Bertz CT molecular complexity index is 710. The molecule has 2 aromatic rings. The maximum Gasteiger partial charge on any atom is 0.322 e. The Morgan fingerprint density at radius 2 is 1.88 bits per heavy atom. The van der Waals surface area contributed by atoms with E-state index in [2.05, 4.69) is 36.5 Å². The van der Waals surface area contributed by atoms with Gasteiger partial charge >= 0.3 is 6.03 Å². The van der Waals surface area contributed by atoms with Crippen LogP contribution < -0.4 is 5.32 Å². The SMILES string of the molecule is Cc1cccc(C2CCCCCN2C(=O)Nc2ccccc2C)c1. The van der Waals surface area contributed by atoms with Crippen LogP contribution in [0.3, 0.4) is 0 Å². The van der Waals surface area contributed by atoms with Crippen LogP contribution in [0.1, 0.15) is 48.4 Å². The van der Waals surface area contributed by atoms with Gasteiger partial charge in [-0.15, -0.1) is 0 Å².